The molecule has 1 N–H and O–H groups in total. The van der Waals surface area contributed by atoms with Crippen LogP contribution in [0.2, 0.25) is 0 Å². The molecule has 1 unspecified atom stereocenters. The van der Waals surface area contributed by atoms with Gasteiger partial charge in [0.25, 0.3) is 5.91 Å². The number of nitrogens with zero attached hydrogens (tertiary/aromatic N) is 2. The van der Waals surface area contributed by atoms with Gasteiger partial charge in [0.2, 0.25) is 5.91 Å². The minimum absolute atomic E-state index is 0.0143. The minimum atomic E-state index is -0.0731. The Bertz CT molecular complexity index is 856. The molecular formula is C23H26N2O3. The first-order chi connectivity index (χ1) is 13.6. The summed E-state index contributed by atoms with van der Waals surface area (Å²) in [6, 6.07) is 14.5. The highest BCUT2D eigenvalue weighted by Gasteiger charge is 2.32. The number of hydrogen-bond acceptors (Lipinski definition) is 3. The molecule has 5 heteroatoms. The molecule has 2 aromatic rings. The Labute approximate surface area is 165 Å². The smallest absolute Gasteiger partial charge is 0.253 e. The number of rotatable bonds is 3. The molecule has 2 aromatic carbocycles. The molecule has 0 aromatic heterocycles. The molecule has 1 atom stereocenters. The molecule has 5 nitrogen and oxygen atoms in total. The topological polar surface area (TPSA) is 60.9 Å². The summed E-state index contributed by atoms with van der Waals surface area (Å²) in [5.74, 6) is 0.349. The number of carbonyl (C=O) groups excluding carboxylic acids is 2. The van der Waals surface area contributed by atoms with Crippen molar-refractivity contribution in [3.8, 4) is 16.9 Å². The monoisotopic (exact) mass is 378 g/mol. The number of carbonyl (C=O) groups is 2. The Morgan fingerprint density at radius 2 is 1.57 bits per heavy atom. The van der Waals surface area contributed by atoms with Gasteiger partial charge in [-0.3, -0.25) is 9.59 Å². The van der Waals surface area contributed by atoms with Crippen LogP contribution in [0.5, 0.6) is 5.75 Å². The van der Waals surface area contributed by atoms with Gasteiger partial charge in [-0.2, -0.15) is 0 Å². The maximum atomic E-state index is 13.1. The number of hydrogen-bond donors (Lipinski definition) is 1. The van der Waals surface area contributed by atoms with Gasteiger partial charge in [-0.1, -0.05) is 24.3 Å². The van der Waals surface area contributed by atoms with Crippen molar-refractivity contribution in [3.05, 3.63) is 54.1 Å². The van der Waals surface area contributed by atoms with E-state index >= 15 is 0 Å². The van der Waals surface area contributed by atoms with Gasteiger partial charge in [-0.05, 0) is 61.1 Å². The third-order valence-corrected chi connectivity index (χ3v) is 5.79. The van der Waals surface area contributed by atoms with Gasteiger partial charge in [-0.25, -0.2) is 0 Å². The van der Waals surface area contributed by atoms with Crippen LogP contribution in [0.4, 0.5) is 0 Å². The molecule has 0 radical (unpaired) electrons. The molecule has 28 heavy (non-hydrogen) atoms. The lowest BCUT2D eigenvalue weighted by Gasteiger charge is -2.34. The molecule has 0 bridgehead atoms. The molecule has 2 amide bonds. The molecule has 2 fully saturated rings. The predicted octanol–water partition coefficient (Wildman–Crippen LogP) is 3.53. The van der Waals surface area contributed by atoms with Gasteiger partial charge >= 0.3 is 0 Å². The minimum Gasteiger partial charge on any atom is -0.508 e. The van der Waals surface area contributed by atoms with Crippen LogP contribution in [0.15, 0.2) is 48.5 Å². The average molecular weight is 378 g/mol. The van der Waals surface area contributed by atoms with Crippen LogP contribution in [0, 0.1) is 5.92 Å². The van der Waals surface area contributed by atoms with E-state index < -0.39 is 0 Å². The molecule has 2 aliphatic rings. The summed E-state index contributed by atoms with van der Waals surface area (Å²) in [6.45, 7) is 2.93. The van der Waals surface area contributed by atoms with Crippen LogP contribution in [0.25, 0.3) is 11.1 Å². The molecular weight excluding hydrogens is 352 g/mol. The fraction of sp³-hybridized carbons (Fsp3) is 0.391. The van der Waals surface area contributed by atoms with Gasteiger partial charge in [-0.15, -0.1) is 0 Å². The molecule has 2 heterocycles. The van der Waals surface area contributed by atoms with E-state index in [4.69, 9.17) is 0 Å². The zero-order valence-corrected chi connectivity index (χ0v) is 16.0. The average Bonchev–Trinajstić information content (AvgIpc) is 3.28. The van der Waals surface area contributed by atoms with Crippen LogP contribution in [-0.4, -0.2) is 52.9 Å². The van der Waals surface area contributed by atoms with Crippen LogP contribution in [0.3, 0.4) is 0 Å². The van der Waals surface area contributed by atoms with E-state index in [1.54, 1.807) is 12.1 Å². The van der Waals surface area contributed by atoms with Crippen molar-refractivity contribution in [1.82, 2.24) is 9.80 Å². The van der Waals surface area contributed by atoms with Crippen molar-refractivity contribution >= 4 is 11.8 Å². The zero-order valence-electron chi connectivity index (χ0n) is 16.0. The van der Waals surface area contributed by atoms with Gasteiger partial charge < -0.3 is 14.9 Å². The third kappa shape index (κ3) is 3.88. The molecule has 2 aliphatic heterocycles. The summed E-state index contributed by atoms with van der Waals surface area (Å²) >= 11 is 0. The van der Waals surface area contributed by atoms with E-state index in [0.29, 0.717) is 18.7 Å². The van der Waals surface area contributed by atoms with Crippen molar-refractivity contribution in [1.29, 1.82) is 0 Å². The fourth-order valence-electron chi connectivity index (χ4n) is 4.23. The summed E-state index contributed by atoms with van der Waals surface area (Å²) in [6.07, 6.45) is 3.91. The highest BCUT2D eigenvalue weighted by molar-refractivity contribution is 5.96. The van der Waals surface area contributed by atoms with Crippen LogP contribution < -0.4 is 0 Å². The number of benzene rings is 2. The molecule has 0 saturated carbocycles. The Hall–Kier alpha value is -2.82. The van der Waals surface area contributed by atoms with Gasteiger partial charge in [0.1, 0.15) is 5.75 Å². The van der Waals surface area contributed by atoms with Gasteiger partial charge in [0.15, 0.2) is 0 Å². The second-order valence-corrected chi connectivity index (χ2v) is 7.75. The third-order valence-electron chi connectivity index (χ3n) is 5.79. The number of phenols is 1. The van der Waals surface area contributed by atoms with Crippen LogP contribution in [0.1, 0.15) is 36.0 Å². The SMILES string of the molecule is O=C(c1cccc(-c2ccc(O)cc2)c1)N1CCCC(C(=O)N2CCCC2)C1. The van der Waals surface area contributed by atoms with Crippen molar-refractivity contribution in [2.24, 2.45) is 5.92 Å². The van der Waals surface area contributed by atoms with E-state index in [9.17, 15) is 14.7 Å². The summed E-state index contributed by atoms with van der Waals surface area (Å²) < 4.78 is 0. The predicted molar refractivity (Wildman–Crippen MR) is 108 cm³/mol. The summed E-state index contributed by atoms with van der Waals surface area (Å²) in [4.78, 5) is 29.6. The van der Waals surface area contributed by atoms with Gasteiger partial charge in [0.05, 0.1) is 5.92 Å². The number of likely N-dealkylation sites (tertiary alicyclic amines) is 2. The Morgan fingerprint density at radius 3 is 2.32 bits per heavy atom. The quantitative estimate of drug-likeness (QED) is 0.889. The molecule has 0 aliphatic carbocycles. The molecule has 146 valence electrons. The molecule has 0 spiro atoms. The van der Waals surface area contributed by atoms with Crippen molar-refractivity contribution in [2.45, 2.75) is 25.7 Å². The van der Waals surface area contributed by atoms with Crippen LogP contribution >= 0.6 is 0 Å². The summed E-state index contributed by atoms with van der Waals surface area (Å²) in [5, 5.41) is 9.47. The van der Waals surface area contributed by atoms with Crippen molar-refractivity contribution in [2.75, 3.05) is 26.2 Å². The fourth-order valence-corrected chi connectivity index (χ4v) is 4.23. The first-order valence-corrected chi connectivity index (χ1v) is 10.1. The van der Waals surface area contributed by atoms with E-state index in [1.165, 1.54) is 0 Å². The van der Waals surface area contributed by atoms with E-state index in [0.717, 1.165) is 49.9 Å². The van der Waals surface area contributed by atoms with Crippen LogP contribution in [-0.2, 0) is 4.79 Å². The normalized spacial score (nSPS) is 19.6. The van der Waals surface area contributed by atoms with E-state index in [1.807, 2.05) is 46.2 Å². The number of aromatic hydroxyl groups is 1. The lowest BCUT2D eigenvalue weighted by Crippen LogP contribution is -2.46. The number of phenolic OH excluding ortho intramolecular Hbond substituents is 1. The van der Waals surface area contributed by atoms with E-state index in [-0.39, 0.29) is 23.5 Å². The lowest BCUT2D eigenvalue weighted by molar-refractivity contribution is -0.135. The highest BCUT2D eigenvalue weighted by atomic mass is 16.3. The Kier molecular flexibility index (Phi) is 5.33. The largest absolute Gasteiger partial charge is 0.508 e. The standard InChI is InChI=1S/C23H26N2O3/c26-21-10-8-17(9-11-21)18-5-3-6-19(15-18)22(27)25-14-4-7-20(16-25)23(28)24-12-1-2-13-24/h3,5-6,8-11,15,20,26H,1-2,4,7,12-14,16H2. The molecule has 4 rings (SSSR count). The second-order valence-electron chi connectivity index (χ2n) is 7.75. The first-order valence-electron chi connectivity index (χ1n) is 10.1. The summed E-state index contributed by atoms with van der Waals surface area (Å²) in [5.41, 5.74) is 2.53. The number of piperidine rings is 1. The lowest BCUT2D eigenvalue weighted by atomic mass is 9.95. The second kappa shape index (κ2) is 8.05. The number of amides is 2. The zero-order chi connectivity index (χ0) is 19.5. The van der Waals surface area contributed by atoms with Crippen molar-refractivity contribution in [3.63, 3.8) is 0 Å². The Balaban J connectivity index is 1.48. The van der Waals surface area contributed by atoms with Crippen molar-refractivity contribution < 1.29 is 14.7 Å². The Morgan fingerprint density at radius 1 is 0.857 bits per heavy atom. The first kappa shape index (κ1) is 18.5. The maximum absolute atomic E-state index is 13.1. The highest BCUT2D eigenvalue weighted by Crippen LogP contribution is 2.26. The maximum Gasteiger partial charge on any atom is 0.253 e. The molecule has 2 saturated heterocycles. The van der Waals surface area contributed by atoms with E-state index in [2.05, 4.69) is 0 Å². The van der Waals surface area contributed by atoms with Gasteiger partial charge in [0, 0.05) is 31.7 Å². The summed E-state index contributed by atoms with van der Waals surface area (Å²) in [7, 11) is 0.